The Labute approximate surface area is 130 Å². The van der Waals surface area contributed by atoms with Gasteiger partial charge in [-0.3, -0.25) is 0 Å². The fourth-order valence-corrected chi connectivity index (χ4v) is 3.02. The lowest BCUT2D eigenvalue weighted by Crippen LogP contribution is -2.61. The molecule has 112 valence electrons. The first-order valence-corrected chi connectivity index (χ1v) is 8.22. The van der Waals surface area contributed by atoms with Crippen LogP contribution in [0.25, 0.3) is 0 Å². The Morgan fingerprint density at radius 2 is 2.15 bits per heavy atom. The second-order valence-electron chi connectivity index (χ2n) is 5.30. The van der Waals surface area contributed by atoms with Crippen LogP contribution in [-0.2, 0) is 4.74 Å². The van der Waals surface area contributed by atoms with Gasteiger partial charge in [-0.15, -0.1) is 0 Å². The average molecular weight is 342 g/mol. The molecular formula is C16H24BrNO2. The summed E-state index contributed by atoms with van der Waals surface area (Å²) in [6.45, 7) is 8.11. The molecular weight excluding hydrogens is 318 g/mol. The van der Waals surface area contributed by atoms with Crippen LogP contribution in [-0.4, -0.2) is 31.4 Å². The fourth-order valence-electron chi connectivity index (χ4n) is 2.54. The lowest BCUT2D eigenvalue weighted by atomic mass is 9.85. The molecule has 0 heterocycles. The van der Waals surface area contributed by atoms with Gasteiger partial charge in [-0.1, -0.05) is 29.8 Å². The zero-order valence-corrected chi connectivity index (χ0v) is 14.1. The summed E-state index contributed by atoms with van der Waals surface area (Å²) in [5.74, 6) is 0.957. The first-order valence-electron chi connectivity index (χ1n) is 7.43. The number of hydrogen-bond donors (Lipinski definition) is 1. The highest BCUT2D eigenvalue weighted by molar-refractivity contribution is 9.10. The normalized spacial score (nSPS) is 25.3. The summed E-state index contributed by atoms with van der Waals surface area (Å²) >= 11 is 3.48. The summed E-state index contributed by atoms with van der Waals surface area (Å²) in [4.78, 5) is 0. The summed E-state index contributed by atoms with van der Waals surface area (Å²) < 4.78 is 13.2. The molecule has 20 heavy (non-hydrogen) atoms. The van der Waals surface area contributed by atoms with Crippen LogP contribution in [0, 0.1) is 6.92 Å². The van der Waals surface area contributed by atoms with Gasteiger partial charge in [0.05, 0.1) is 0 Å². The van der Waals surface area contributed by atoms with Crippen LogP contribution in [0.3, 0.4) is 0 Å². The van der Waals surface area contributed by atoms with Gasteiger partial charge in [-0.2, -0.15) is 0 Å². The van der Waals surface area contributed by atoms with Crippen molar-refractivity contribution in [1.29, 1.82) is 0 Å². The lowest BCUT2D eigenvalue weighted by Gasteiger charge is -2.44. The van der Waals surface area contributed by atoms with Crippen LogP contribution in [0.4, 0.5) is 0 Å². The summed E-state index contributed by atoms with van der Waals surface area (Å²) in [6, 6.07) is 6.55. The molecule has 0 bridgehead atoms. The number of rotatable bonds is 7. The molecule has 0 aromatic heterocycles. The van der Waals surface area contributed by atoms with Crippen LogP contribution >= 0.6 is 15.9 Å². The van der Waals surface area contributed by atoms with Crippen molar-refractivity contribution in [2.24, 2.45) is 0 Å². The highest BCUT2D eigenvalue weighted by Gasteiger charge is 2.43. The second-order valence-corrected chi connectivity index (χ2v) is 6.22. The van der Waals surface area contributed by atoms with E-state index in [0.29, 0.717) is 6.04 Å². The van der Waals surface area contributed by atoms with Gasteiger partial charge in [0.15, 0.2) is 0 Å². The minimum Gasteiger partial charge on any atom is -0.487 e. The van der Waals surface area contributed by atoms with Crippen molar-refractivity contribution in [3.05, 3.63) is 28.2 Å². The number of benzene rings is 1. The van der Waals surface area contributed by atoms with E-state index in [1.54, 1.807) is 0 Å². The zero-order valence-electron chi connectivity index (χ0n) is 12.5. The van der Waals surface area contributed by atoms with Crippen LogP contribution < -0.4 is 10.1 Å². The van der Waals surface area contributed by atoms with Crippen LogP contribution in [0.2, 0.25) is 0 Å². The smallest absolute Gasteiger partial charge is 0.128 e. The summed E-state index contributed by atoms with van der Waals surface area (Å²) in [7, 11) is 0. The molecule has 0 radical (unpaired) electrons. The molecule has 0 aliphatic heterocycles. The van der Waals surface area contributed by atoms with E-state index in [4.69, 9.17) is 9.47 Å². The third kappa shape index (κ3) is 3.74. The van der Waals surface area contributed by atoms with Crippen molar-refractivity contribution in [3.8, 4) is 5.75 Å². The maximum atomic E-state index is 6.14. The van der Waals surface area contributed by atoms with Gasteiger partial charge in [0, 0.05) is 23.5 Å². The van der Waals surface area contributed by atoms with Crippen LogP contribution in [0.1, 0.15) is 32.3 Å². The molecule has 1 N–H and O–H groups in total. The van der Waals surface area contributed by atoms with Crippen molar-refractivity contribution in [3.63, 3.8) is 0 Å². The van der Waals surface area contributed by atoms with Crippen molar-refractivity contribution in [2.75, 3.05) is 13.2 Å². The highest BCUT2D eigenvalue weighted by atomic mass is 79.9. The molecule has 3 unspecified atom stereocenters. The quantitative estimate of drug-likeness (QED) is 0.820. The van der Waals surface area contributed by atoms with Gasteiger partial charge >= 0.3 is 0 Å². The number of halogens is 1. The third-order valence-electron chi connectivity index (χ3n) is 3.65. The molecule has 3 nitrogen and oxygen atoms in total. The van der Waals surface area contributed by atoms with E-state index < -0.39 is 0 Å². The Bertz CT molecular complexity index is 438. The van der Waals surface area contributed by atoms with Crippen molar-refractivity contribution in [2.45, 2.75) is 51.9 Å². The molecule has 2 rings (SSSR count). The largest absolute Gasteiger partial charge is 0.487 e. The number of nitrogens with one attached hydrogen (secondary N) is 1. The van der Waals surface area contributed by atoms with E-state index in [1.807, 2.05) is 12.1 Å². The van der Waals surface area contributed by atoms with Gasteiger partial charge in [0.25, 0.3) is 0 Å². The van der Waals surface area contributed by atoms with Gasteiger partial charge in [0.2, 0.25) is 0 Å². The Morgan fingerprint density at radius 3 is 2.80 bits per heavy atom. The Balaban J connectivity index is 1.97. The summed E-state index contributed by atoms with van der Waals surface area (Å²) in [5.41, 5.74) is 1.15. The zero-order chi connectivity index (χ0) is 14.5. The minimum absolute atomic E-state index is 0.158. The van der Waals surface area contributed by atoms with Gasteiger partial charge in [-0.05, 0) is 43.7 Å². The standard InChI is InChI=1S/C16H24BrNO2/c1-4-8-19-16-13(18-5-2)10-15(16)20-14-7-6-12(17)9-11(14)3/h6-7,9,13,15-16,18H,4-5,8,10H2,1-3H3. The summed E-state index contributed by atoms with van der Waals surface area (Å²) in [5, 5.41) is 3.47. The van der Waals surface area contributed by atoms with Crippen LogP contribution in [0.15, 0.2) is 22.7 Å². The molecule has 4 heteroatoms. The molecule has 1 aliphatic carbocycles. The Kier molecular flexibility index (Phi) is 5.87. The average Bonchev–Trinajstić information content (AvgIpc) is 2.40. The van der Waals surface area contributed by atoms with Crippen LogP contribution in [0.5, 0.6) is 5.75 Å². The monoisotopic (exact) mass is 341 g/mol. The SMILES string of the molecule is CCCOC1C(NCC)CC1Oc1ccc(Br)cc1C. The third-order valence-corrected chi connectivity index (χ3v) is 4.14. The topological polar surface area (TPSA) is 30.5 Å². The van der Waals surface area contributed by atoms with Gasteiger partial charge < -0.3 is 14.8 Å². The lowest BCUT2D eigenvalue weighted by molar-refractivity contribution is -0.107. The van der Waals surface area contributed by atoms with E-state index in [9.17, 15) is 0 Å². The first-order chi connectivity index (χ1) is 9.65. The maximum absolute atomic E-state index is 6.14. The molecule has 1 aromatic carbocycles. The Morgan fingerprint density at radius 1 is 1.35 bits per heavy atom. The highest BCUT2D eigenvalue weighted by Crippen LogP contribution is 2.31. The maximum Gasteiger partial charge on any atom is 0.128 e. The van der Waals surface area contributed by atoms with Gasteiger partial charge in [-0.25, -0.2) is 0 Å². The molecule has 3 atom stereocenters. The summed E-state index contributed by atoms with van der Waals surface area (Å²) in [6.07, 6.45) is 2.38. The van der Waals surface area contributed by atoms with Crippen molar-refractivity contribution < 1.29 is 9.47 Å². The molecule has 1 saturated carbocycles. The number of ether oxygens (including phenoxy) is 2. The van der Waals surface area contributed by atoms with Crippen molar-refractivity contribution >= 4 is 15.9 Å². The Hall–Kier alpha value is -0.580. The van der Waals surface area contributed by atoms with E-state index in [1.165, 1.54) is 0 Å². The van der Waals surface area contributed by atoms with E-state index in [2.05, 4.69) is 48.1 Å². The van der Waals surface area contributed by atoms with E-state index in [0.717, 1.165) is 41.8 Å². The fraction of sp³-hybridized carbons (Fsp3) is 0.625. The molecule has 1 fully saturated rings. The van der Waals surface area contributed by atoms with Crippen molar-refractivity contribution in [1.82, 2.24) is 5.32 Å². The number of likely N-dealkylation sites (N-methyl/N-ethyl adjacent to an activating group) is 1. The molecule has 1 aromatic rings. The predicted octanol–water partition coefficient (Wildman–Crippen LogP) is 3.68. The molecule has 1 aliphatic rings. The van der Waals surface area contributed by atoms with E-state index >= 15 is 0 Å². The van der Waals surface area contributed by atoms with E-state index in [-0.39, 0.29) is 12.2 Å². The predicted molar refractivity (Wildman–Crippen MR) is 85.4 cm³/mol. The van der Waals surface area contributed by atoms with Gasteiger partial charge in [0.1, 0.15) is 18.0 Å². The molecule has 0 amide bonds. The number of aryl methyl sites for hydroxylation is 1. The second kappa shape index (κ2) is 7.43. The molecule has 0 saturated heterocycles. The molecule has 0 spiro atoms. The number of hydrogen-bond acceptors (Lipinski definition) is 3. The first kappa shape index (κ1) is 15.8. The minimum atomic E-state index is 0.158.